The number of benzene rings is 2. The number of hydrogen-bond donors (Lipinski definition) is 1. The number of carbonyl (C=O) groups is 1. The number of nitrogens with zero attached hydrogens (tertiary/aromatic N) is 1. The molecule has 138 valence electrons. The van der Waals surface area contributed by atoms with Gasteiger partial charge in [0, 0.05) is 31.7 Å². The summed E-state index contributed by atoms with van der Waals surface area (Å²) in [6, 6.07) is 13.7. The Bertz CT molecular complexity index is 741. The van der Waals surface area contributed by atoms with E-state index in [-0.39, 0.29) is 5.91 Å². The summed E-state index contributed by atoms with van der Waals surface area (Å²) in [4.78, 5) is 14.0. The Hall–Kier alpha value is -1.75. The van der Waals surface area contributed by atoms with Crippen LogP contribution in [-0.4, -0.2) is 37.0 Å². The van der Waals surface area contributed by atoms with Gasteiger partial charge in [0.1, 0.15) is 6.61 Å². The summed E-state index contributed by atoms with van der Waals surface area (Å²) in [5.41, 5.74) is 1.85. The Morgan fingerprint density at radius 2 is 1.81 bits per heavy atom. The van der Waals surface area contributed by atoms with E-state index in [0.29, 0.717) is 34.0 Å². The molecule has 2 aromatic rings. The van der Waals surface area contributed by atoms with Crippen molar-refractivity contribution >= 4 is 29.1 Å². The molecule has 4 nitrogen and oxygen atoms in total. The third-order valence-electron chi connectivity index (χ3n) is 4.44. The van der Waals surface area contributed by atoms with Crippen LogP contribution in [0.4, 0.5) is 0 Å². The Kier molecular flexibility index (Phi) is 6.41. The highest BCUT2D eigenvalue weighted by Gasteiger charge is 2.28. The standard InChI is InChI=1S/C20H22Cl2N2O2/c1-23-20(25)15-7-5-14(6-8-15)13-24(16-9-10-16)11-12-26-19-17(21)3-2-4-18(19)22/h2-8,16H,9-13H2,1H3,(H,23,25). The van der Waals surface area contributed by atoms with Crippen molar-refractivity contribution in [2.75, 3.05) is 20.2 Å². The normalized spacial score (nSPS) is 13.7. The average molecular weight is 393 g/mol. The Morgan fingerprint density at radius 3 is 2.38 bits per heavy atom. The van der Waals surface area contributed by atoms with Crippen LogP contribution in [0.15, 0.2) is 42.5 Å². The van der Waals surface area contributed by atoms with Gasteiger partial charge in [-0.3, -0.25) is 9.69 Å². The predicted molar refractivity (Wildman–Crippen MR) is 105 cm³/mol. The highest BCUT2D eigenvalue weighted by Crippen LogP contribution is 2.33. The minimum Gasteiger partial charge on any atom is -0.489 e. The van der Waals surface area contributed by atoms with Gasteiger partial charge in [0.25, 0.3) is 5.91 Å². The number of ether oxygens (including phenoxy) is 1. The predicted octanol–water partition coefficient (Wildman–Crippen LogP) is 4.40. The molecule has 1 saturated carbocycles. The van der Waals surface area contributed by atoms with Gasteiger partial charge in [-0.05, 0) is 42.7 Å². The molecule has 0 unspecified atom stereocenters. The molecule has 2 aromatic carbocycles. The van der Waals surface area contributed by atoms with Gasteiger partial charge in [-0.15, -0.1) is 0 Å². The first-order chi connectivity index (χ1) is 12.6. The zero-order chi connectivity index (χ0) is 18.5. The van der Waals surface area contributed by atoms with Crippen molar-refractivity contribution in [3.8, 4) is 5.75 Å². The smallest absolute Gasteiger partial charge is 0.251 e. The molecular formula is C20H22Cl2N2O2. The highest BCUT2D eigenvalue weighted by atomic mass is 35.5. The van der Waals surface area contributed by atoms with Gasteiger partial charge in [0.15, 0.2) is 5.75 Å². The summed E-state index contributed by atoms with van der Waals surface area (Å²) in [7, 11) is 1.64. The van der Waals surface area contributed by atoms with Gasteiger partial charge in [0.2, 0.25) is 0 Å². The molecule has 0 aliphatic heterocycles. The van der Waals surface area contributed by atoms with Crippen LogP contribution in [-0.2, 0) is 6.54 Å². The lowest BCUT2D eigenvalue weighted by Crippen LogP contribution is -2.30. The van der Waals surface area contributed by atoms with Crippen molar-refractivity contribution in [2.24, 2.45) is 0 Å². The van der Waals surface area contributed by atoms with Crippen LogP contribution in [0, 0.1) is 0 Å². The molecule has 0 heterocycles. The molecule has 1 aliphatic rings. The van der Waals surface area contributed by atoms with Crippen LogP contribution in [0.3, 0.4) is 0 Å². The lowest BCUT2D eigenvalue weighted by atomic mass is 10.1. The van der Waals surface area contributed by atoms with Crippen molar-refractivity contribution in [1.82, 2.24) is 10.2 Å². The molecule has 0 saturated heterocycles. The maximum absolute atomic E-state index is 11.6. The number of nitrogens with one attached hydrogen (secondary N) is 1. The third kappa shape index (κ3) is 4.91. The van der Waals surface area contributed by atoms with Gasteiger partial charge in [-0.2, -0.15) is 0 Å². The molecule has 0 bridgehead atoms. The van der Waals surface area contributed by atoms with Crippen LogP contribution >= 0.6 is 23.2 Å². The molecule has 26 heavy (non-hydrogen) atoms. The summed E-state index contributed by atoms with van der Waals surface area (Å²) in [5, 5.41) is 3.69. The van der Waals surface area contributed by atoms with Crippen LogP contribution in [0.25, 0.3) is 0 Å². The van der Waals surface area contributed by atoms with Crippen molar-refractivity contribution in [2.45, 2.75) is 25.4 Å². The first kappa shape index (κ1) is 19.0. The van der Waals surface area contributed by atoms with Gasteiger partial charge in [-0.1, -0.05) is 41.4 Å². The van der Waals surface area contributed by atoms with Crippen LogP contribution in [0.1, 0.15) is 28.8 Å². The first-order valence-electron chi connectivity index (χ1n) is 8.70. The number of para-hydroxylation sites is 1. The number of rotatable bonds is 8. The van der Waals surface area contributed by atoms with Crippen molar-refractivity contribution in [3.05, 3.63) is 63.6 Å². The molecule has 0 aromatic heterocycles. The van der Waals surface area contributed by atoms with Gasteiger partial charge >= 0.3 is 0 Å². The zero-order valence-corrected chi connectivity index (χ0v) is 16.2. The van der Waals surface area contributed by atoms with Crippen LogP contribution < -0.4 is 10.1 Å². The third-order valence-corrected chi connectivity index (χ3v) is 5.03. The molecule has 1 aliphatic carbocycles. The summed E-state index contributed by atoms with van der Waals surface area (Å²) in [6.45, 7) is 2.15. The van der Waals surface area contributed by atoms with Crippen molar-refractivity contribution in [3.63, 3.8) is 0 Å². The molecule has 1 fully saturated rings. The van der Waals surface area contributed by atoms with E-state index in [1.165, 1.54) is 18.4 Å². The average Bonchev–Trinajstić information content (AvgIpc) is 3.48. The van der Waals surface area contributed by atoms with E-state index in [4.69, 9.17) is 27.9 Å². The van der Waals surface area contributed by atoms with Crippen molar-refractivity contribution in [1.29, 1.82) is 0 Å². The fourth-order valence-electron chi connectivity index (χ4n) is 2.86. The van der Waals surface area contributed by atoms with E-state index in [9.17, 15) is 4.79 Å². The molecule has 6 heteroatoms. The minimum absolute atomic E-state index is 0.0689. The fraction of sp³-hybridized carbons (Fsp3) is 0.350. The van der Waals surface area contributed by atoms with Crippen LogP contribution in [0.5, 0.6) is 5.75 Å². The maximum Gasteiger partial charge on any atom is 0.251 e. The maximum atomic E-state index is 11.6. The van der Waals surface area contributed by atoms with E-state index in [1.807, 2.05) is 24.3 Å². The second kappa shape index (κ2) is 8.76. The minimum atomic E-state index is -0.0689. The molecule has 0 radical (unpaired) electrons. The molecule has 1 amide bonds. The lowest BCUT2D eigenvalue weighted by Gasteiger charge is -2.22. The lowest BCUT2D eigenvalue weighted by molar-refractivity contribution is 0.0963. The zero-order valence-electron chi connectivity index (χ0n) is 14.7. The van der Waals surface area contributed by atoms with Gasteiger partial charge in [0.05, 0.1) is 10.0 Å². The SMILES string of the molecule is CNC(=O)c1ccc(CN(CCOc2c(Cl)cccc2Cl)C2CC2)cc1. The fourth-order valence-corrected chi connectivity index (χ4v) is 3.36. The number of carbonyl (C=O) groups excluding carboxylic acids is 1. The number of halogens is 2. The molecular weight excluding hydrogens is 371 g/mol. The van der Waals surface area contributed by atoms with E-state index < -0.39 is 0 Å². The first-order valence-corrected chi connectivity index (χ1v) is 9.46. The molecule has 1 N–H and O–H groups in total. The van der Waals surface area contributed by atoms with Crippen LogP contribution in [0.2, 0.25) is 10.0 Å². The highest BCUT2D eigenvalue weighted by molar-refractivity contribution is 6.37. The molecule has 3 rings (SSSR count). The Morgan fingerprint density at radius 1 is 1.15 bits per heavy atom. The second-order valence-corrected chi connectivity index (χ2v) is 7.19. The molecule has 0 spiro atoms. The summed E-state index contributed by atoms with van der Waals surface area (Å²) < 4.78 is 5.82. The second-order valence-electron chi connectivity index (χ2n) is 6.38. The van der Waals surface area contributed by atoms with Gasteiger partial charge in [-0.25, -0.2) is 0 Å². The largest absolute Gasteiger partial charge is 0.489 e. The summed E-state index contributed by atoms with van der Waals surface area (Å²) in [5.74, 6) is 0.474. The monoisotopic (exact) mass is 392 g/mol. The number of hydrogen-bond acceptors (Lipinski definition) is 3. The van der Waals surface area contributed by atoms with E-state index >= 15 is 0 Å². The summed E-state index contributed by atoms with van der Waals surface area (Å²) >= 11 is 12.3. The Labute approximate surface area is 164 Å². The van der Waals surface area contributed by atoms with E-state index in [2.05, 4.69) is 10.2 Å². The summed E-state index contributed by atoms with van der Waals surface area (Å²) in [6.07, 6.45) is 2.42. The topological polar surface area (TPSA) is 41.6 Å². The molecule has 0 atom stereocenters. The number of amides is 1. The quantitative estimate of drug-likeness (QED) is 0.723. The van der Waals surface area contributed by atoms with E-state index in [1.54, 1.807) is 25.2 Å². The Balaban J connectivity index is 1.57. The van der Waals surface area contributed by atoms with Gasteiger partial charge < -0.3 is 10.1 Å². The van der Waals surface area contributed by atoms with E-state index in [0.717, 1.165) is 13.1 Å². The van der Waals surface area contributed by atoms with Crippen molar-refractivity contribution < 1.29 is 9.53 Å².